The van der Waals surface area contributed by atoms with Crippen molar-refractivity contribution in [3.8, 4) is 0 Å². The summed E-state index contributed by atoms with van der Waals surface area (Å²) in [6.45, 7) is -0.161. The number of benzene rings is 2. The molecule has 0 unspecified atom stereocenters. The third kappa shape index (κ3) is 3.92. The van der Waals surface area contributed by atoms with E-state index >= 15 is 0 Å². The summed E-state index contributed by atoms with van der Waals surface area (Å²) in [5.41, 5.74) is 3.43. The molecule has 0 saturated heterocycles. The van der Waals surface area contributed by atoms with Crippen molar-refractivity contribution in [1.82, 2.24) is 9.47 Å². The predicted octanol–water partition coefficient (Wildman–Crippen LogP) is 4.08. The number of nitrogens with zero attached hydrogens (tertiary/aromatic N) is 2. The number of carboxylic acids is 1. The second-order valence-corrected chi connectivity index (χ2v) is 8.21. The molecule has 0 saturated carbocycles. The Labute approximate surface area is 178 Å². The lowest BCUT2D eigenvalue weighted by molar-refractivity contribution is -0.137. The number of hydrogen-bond donors (Lipinski definition) is 1. The van der Waals surface area contributed by atoms with Gasteiger partial charge in [-0.15, -0.1) is 0 Å². The normalized spacial score (nSPS) is 15.8. The fourth-order valence-electron chi connectivity index (χ4n) is 4.40. The third-order valence-electron chi connectivity index (χ3n) is 5.88. The van der Waals surface area contributed by atoms with E-state index in [1.165, 1.54) is 12.1 Å². The molecule has 3 aromatic rings. The van der Waals surface area contributed by atoms with Gasteiger partial charge in [0.15, 0.2) is 0 Å². The fourth-order valence-corrected chi connectivity index (χ4v) is 4.61. The van der Waals surface area contributed by atoms with Crippen LogP contribution in [0.15, 0.2) is 42.5 Å². The summed E-state index contributed by atoms with van der Waals surface area (Å²) < 4.78 is 15.7. The lowest BCUT2D eigenvalue weighted by Crippen LogP contribution is -2.41. The summed E-state index contributed by atoms with van der Waals surface area (Å²) in [4.78, 5) is 26.0. The van der Waals surface area contributed by atoms with E-state index in [-0.39, 0.29) is 30.7 Å². The maximum Gasteiger partial charge on any atom is 0.323 e. The Morgan fingerprint density at radius 3 is 2.80 bits per heavy atom. The smallest absolute Gasteiger partial charge is 0.323 e. The van der Waals surface area contributed by atoms with Gasteiger partial charge in [0.05, 0.1) is 6.42 Å². The van der Waals surface area contributed by atoms with Gasteiger partial charge in [0.25, 0.3) is 0 Å². The molecule has 1 aliphatic carbocycles. The number of likely N-dealkylation sites (N-methyl/N-ethyl adjacent to an activating group) is 1. The van der Waals surface area contributed by atoms with Crippen LogP contribution in [0.1, 0.15) is 23.2 Å². The number of amides is 1. The number of aliphatic carboxylic acids is 1. The van der Waals surface area contributed by atoms with Crippen molar-refractivity contribution >= 4 is 34.4 Å². The Bertz CT molecular complexity index is 1140. The predicted molar refractivity (Wildman–Crippen MR) is 113 cm³/mol. The van der Waals surface area contributed by atoms with Gasteiger partial charge in [-0.05, 0) is 60.7 Å². The highest BCUT2D eigenvalue weighted by Crippen LogP contribution is 2.34. The van der Waals surface area contributed by atoms with Gasteiger partial charge in [-0.1, -0.05) is 23.7 Å². The van der Waals surface area contributed by atoms with E-state index < -0.39 is 5.97 Å². The van der Waals surface area contributed by atoms with Gasteiger partial charge in [0, 0.05) is 34.7 Å². The summed E-state index contributed by atoms with van der Waals surface area (Å²) in [7, 11) is 1.79. The van der Waals surface area contributed by atoms with E-state index in [1.54, 1.807) is 34.7 Å². The van der Waals surface area contributed by atoms with E-state index in [2.05, 4.69) is 0 Å². The van der Waals surface area contributed by atoms with Crippen LogP contribution in [0, 0.1) is 5.82 Å². The molecule has 4 rings (SSSR count). The minimum absolute atomic E-state index is 0.00817. The Balaban J connectivity index is 1.61. The molecule has 0 spiro atoms. The average Bonchev–Trinajstić information content (AvgIpc) is 2.99. The van der Waals surface area contributed by atoms with E-state index in [0.29, 0.717) is 17.9 Å². The first-order chi connectivity index (χ1) is 14.3. The zero-order chi connectivity index (χ0) is 21.4. The van der Waals surface area contributed by atoms with Gasteiger partial charge in [0.1, 0.15) is 12.4 Å². The van der Waals surface area contributed by atoms with Crippen LogP contribution in [0.5, 0.6) is 0 Å². The highest BCUT2D eigenvalue weighted by molar-refractivity contribution is 6.30. The number of rotatable bonds is 5. The van der Waals surface area contributed by atoms with Gasteiger partial charge in [-0.25, -0.2) is 4.39 Å². The first-order valence-electron chi connectivity index (χ1n) is 9.85. The van der Waals surface area contributed by atoms with Crippen LogP contribution >= 0.6 is 11.6 Å². The van der Waals surface area contributed by atoms with Crippen molar-refractivity contribution in [2.24, 2.45) is 0 Å². The molecule has 0 bridgehead atoms. The highest BCUT2D eigenvalue weighted by Gasteiger charge is 2.30. The zero-order valence-corrected chi connectivity index (χ0v) is 17.3. The molecule has 1 aromatic heterocycles. The second kappa shape index (κ2) is 8.11. The lowest BCUT2D eigenvalue weighted by atomic mass is 9.90. The molecule has 7 heteroatoms. The summed E-state index contributed by atoms with van der Waals surface area (Å²) >= 11 is 6.02. The molecule has 1 N–H and O–H groups in total. The lowest BCUT2D eigenvalue weighted by Gasteiger charge is -2.32. The molecule has 2 aromatic carbocycles. The van der Waals surface area contributed by atoms with E-state index in [0.717, 1.165) is 34.1 Å². The Morgan fingerprint density at radius 2 is 2.07 bits per heavy atom. The quantitative estimate of drug-likeness (QED) is 0.666. The Hall–Kier alpha value is -2.86. The highest BCUT2D eigenvalue weighted by atomic mass is 35.5. The molecule has 1 atom stereocenters. The van der Waals surface area contributed by atoms with Crippen LogP contribution in [-0.4, -0.2) is 39.5 Å². The number of carbonyl (C=O) groups excluding carboxylic acids is 1. The Kier molecular flexibility index (Phi) is 5.52. The van der Waals surface area contributed by atoms with Gasteiger partial charge in [0.2, 0.25) is 5.91 Å². The van der Waals surface area contributed by atoms with Crippen molar-refractivity contribution < 1.29 is 19.1 Å². The van der Waals surface area contributed by atoms with Crippen molar-refractivity contribution in [2.45, 2.75) is 38.3 Å². The van der Waals surface area contributed by atoms with E-state index in [4.69, 9.17) is 11.6 Å². The van der Waals surface area contributed by atoms with E-state index in [1.807, 2.05) is 12.1 Å². The van der Waals surface area contributed by atoms with Crippen LogP contribution in [-0.2, 0) is 35.4 Å². The summed E-state index contributed by atoms with van der Waals surface area (Å²) in [6.07, 6.45) is 2.19. The minimum atomic E-state index is -0.935. The van der Waals surface area contributed by atoms with Gasteiger partial charge in [-0.3, -0.25) is 9.59 Å². The molecule has 1 aliphatic rings. The number of hydrogen-bond acceptors (Lipinski definition) is 2. The van der Waals surface area contributed by atoms with E-state index in [9.17, 15) is 19.1 Å². The second-order valence-electron chi connectivity index (χ2n) is 7.77. The molecule has 156 valence electrons. The molecule has 5 nitrogen and oxygen atoms in total. The van der Waals surface area contributed by atoms with Gasteiger partial charge in [-0.2, -0.15) is 0 Å². The number of fused-ring (bicyclic) bond motifs is 3. The molecule has 1 amide bonds. The molecular weight excluding hydrogens is 407 g/mol. The first-order valence-corrected chi connectivity index (χ1v) is 10.2. The standard InChI is InChI=1S/C23H22ClFN2O3/c1-26(22(28)10-14-3-2-4-15(24)9-14)17-6-8-21-19(12-17)18-11-16(25)5-7-20(18)27(21)13-23(29)30/h2-5,7,9,11,17H,6,8,10,12-13H2,1H3,(H,29,30)/t17-/m0/s1. The van der Waals surface area contributed by atoms with Crippen LogP contribution in [0.3, 0.4) is 0 Å². The van der Waals surface area contributed by atoms with Crippen LogP contribution in [0.2, 0.25) is 5.02 Å². The Morgan fingerprint density at radius 1 is 1.27 bits per heavy atom. The first kappa shape index (κ1) is 20.4. The summed E-state index contributed by atoms with van der Waals surface area (Å²) in [5, 5.41) is 10.6. The van der Waals surface area contributed by atoms with Gasteiger partial charge >= 0.3 is 5.97 Å². The van der Waals surface area contributed by atoms with Crippen LogP contribution < -0.4 is 0 Å². The average molecular weight is 429 g/mol. The zero-order valence-electron chi connectivity index (χ0n) is 16.6. The maximum atomic E-state index is 13.9. The molecular formula is C23H22ClFN2O3. The van der Waals surface area contributed by atoms with Gasteiger partial charge < -0.3 is 14.6 Å². The van der Waals surface area contributed by atoms with Crippen molar-refractivity contribution in [2.75, 3.05) is 7.05 Å². The SMILES string of the molecule is CN(C(=O)Cc1cccc(Cl)c1)[C@H]1CCc2c(c3cc(F)ccc3n2CC(=O)O)C1. The van der Waals surface area contributed by atoms with Crippen molar-refractivity contribution in [1.29, 1.82) is 0 Å². The monoisotopic (exact) mass is 428 g/mol. The molecule has 0 radical (unpaired) electrons. The summed E-state index contributed by atoms with van der Waals surface area (Å²) in [5.74, 6) is -1.30. The number of aromatic nitrogens is 1. The third-order valence-corrected chi connectivity index (χ3v) is 6.12. The van der Waals surface area contributed by atoms with Crippen molar-refractivity contribution in [3.63, 3.8) is 0 Å². The summed E-state index contributed by atoms with van der Waals surface area (Å²) in [6, 6.07) is 11.7. The maximum absolute atomic E-state index is 13.9. The number of carboxylic acid groups (broad SMARTS) is 1. The van der Waals surface area contributed by atoms with Crippen LogP contribution in [0.4, 0.5) is 4.39 Å². The molecule has 0 aliphatic heterocycles. The molecule has 1 heterocycles. The van der Waals surface area contributed by atoms with Crippen molar-refractivity contribution in [3.05, 3.63) is 70.1 Å². The van der Waals surface area contributed by atoms with Crippen LogP contribution in [0.25, 0.3) is 10.9 Å². The fraction of sp³-hybridized carbons (Fsp3) is 0.304. The topological polar surface area (TPSA) is 62.5 Å². The number of halogens is 2. The minimum Gasteiger partial charge on any atom is -0.480 e. The molecule has 30 heavy (non-hydrogen) atoms. The number of carbonyl (C=O) groups is 2. The largest absolute Gasteiger partial charge is 0.480 e. The molecule has 0 fully saturated rings.